The summed E-state index contributed by atoms with van der Waals surface area (Å²) >= 11 is 0. The van der Waals surface area contributed by atoms with Crippen molar-refractivity contribution in [3.63, 3.8) is 0 Å². The van der Waals surface area contributed by atoms with E-state index in [2.05, 4.69) is 0 Å². The van der Waals surface area contributed by atoms with Gasteiger partial charge in [-0.2, -0.15) is 0 Å². The molecule has 2 aliphatic rings. The zero-order valence-electron chi connectivity index (χ0n) is 13.3. The van der Waals surface area contributed by atoms with Gasteiger partial charge in [0.2, 0.25) is 0 Å². The maximum absolute atomic E-state index is 11.9. The van der Waals surface area contributed by atoms with Gasteiger partial charge in [-0.25, -0.2) is 4.79 Å². The smallest absolute Gasteiger partial charge is 0.335 e. The topological polar surface area (TPSA) is 74.2 Å². The summed E-state index contributed by atoms with van der Waals surface area (Å²) in [5.41, 5.74) is 0.985. The Labute approximate surface area is 135 Å². The highest BCUT2D eigenvalue weighted by Gasteiger charge is 2.46. The van der Waals surface area contributed by atoms with Crippen LogP contribution < -0.4 is 0 Å². The van der Waals surface area contributed by atoms with Crippen LogP contribution in [-0.4, -0.2) is 47.9 Å². The van der Waals surface area contributed by atoms with Crippen LogP contribution in [0.4, 0.5) is 0 Å². The average molecular weight is 322 g/mol. The van der Waals surface area contributed by atoms with E-state index in [1.54, 1.807) is 13.8 Å². The van der Waals surface area contributed by atoms with E-state index in [-0.39, 0.29) is 6.61 Å². The molecule has 0 spiro atoms. The summed E-state index contributed by atoms with van der Waals surface area (Å²) in [5, 5.41) is 10.4. The largest absolute Gasteiger partial charge is 0.457 e. The van der Waals surface area contributed by atoms with E-state index < -0.39 is 36.2 Å². The van der Waals surface area contributed by atoms with E-state index >= 15 is 0 Å². The molecule has 0 saturated carbocycles. The van der Waals surface area contributed by atoms with Gasteiger partial charge in [0, 0.05) is 6.42 Å². The number of hydrogen-bond acceptors (Lipinski definition) is 6. The fourth-order valence-electron chi connectivity index (χ4n) is 2.82. The molecule has 0 aliphatic carbocycles. The van der Waals surface area contributed by atoms with Gasteiger partial charge in [-0.1, -0.05) is 30.3 Å². The van der Waals surface area contributed by atoms with Crippen LogP contribution in [0.25, 0.3) is 0 Å². The number of aliphatic hydroxyl groups excluding tert-OH is 1. The third-order valence-corrected chi connectivity index (χ3v) is 4.06. The first kappa shape index (κ1) is 16.4. The molecule has 0 bridgehead atoms. The van der Waals surface area contributed by atoms with Crippen molar-refractivity contribution in [3.8, 4) is 0 Å². The summed E-state index contributed by atoms with van der Waals surface area (Å²) in [5.74, 6) is -1.17. The molecular weight excluding hydrogens is 300 g/mol. The second kappa shape index (κ2) is 6.57. The molecule has 0 radical (unpaired) electrons. The van der Waals surface area contributed by atoms with Crippen molar-refractivity contribution in [2.45, 2.75) is 57.1 Å². The summed E-state index contributed by atoms with van der Waals surface area (Å²) in [6.45, 7) is 4.18. The van der Waals surface area contributed by atoms with Gasteiger partial charge < -0.3 is 24.1 Å². The number of ether oxygens (including phenoxy) is 4. The van der Waals surface area contributed by atoms with Gasteiger partial charge in [0.1, 0.15) is 18.3 Å². The molecule has 6 nitrogen and oxygen atoms in total. The van der Waals surface area contributed by atoms with E-state index in [4.69, 9.17) is 18.9 Å². The van der Waals surface area contributed by atoms with E-state index in [0.29, 0.717) is 13.0 Å². The Balaban J connectivity index is 1.53. The predicted octanol–water partition coefficient (Wildman–Crippen LogP) is 1.40. The first-order valence-corrected chi connectivity index (χ1v) is 7.80. The fourth-order valence-corrected chi connectivity index (χ4v) is 2.82. The summed E-state index contributed by atoms with van der Waals surface area (Å²) in [4.78, 5) is 11.9. The number of rotatable bonds is 5. The number of carbonyl (C=O) groups is 1. The number of carbonyl (C=O) groups excluding carboxylic acids is 1. The van der Waals surface area contributed by atoms with Crippen molar-refractivity contribution < 1.29 is 28.8 Å². The van der Waals surface area contributed by atoms with Crippen LogP contribution in [0.15, 0.2) is 30.3 Å². The summed E-state index contributed by atoms with van der Waals surface area (Å²) in [7, 11) is 0. The third-order valence-electron chi connectivity index (χ3n) is 4.06. The Hall–Kier alpha value is -1.47. The zero-order chi connectivity index (χ0) is 16.4. The van der Waals surface area contributed by atoms with Gasteiger partial charge in [0.05, 0.1) is 13.2 Å². The maximum atomic E-state index is 11.9. The lowest BCUT2D eigenvalue weighted by Gasteiger charge is -2.23. The lowest BCUT2D eigenvalue weighted by molar-refractivity contribution is -0.167. The SMILES string of the molecule is CC1(C)OC[C@H]([C@@H](O)[C@H]2C[C@@H](OCc3ccccc3)C(=O)O2)O1. The van der Waals surface area contributed by atoms with Gasteiger partial charge >= 0.3 is 5.97 Å². The molecule has 2 fully saturated rings. The van der Waals surface area contributed by atoms with Crippen LogP contribution in [0, 0.1) is 0 Å². The Bertz CT molecular complexity index is 543. The molecule has 1 N–H and O–H groups in total. The normalized spacial score (nSPS) is 31.1. The van der Waals surface area contributed by atoms with Gasteiger partial charge in [-0.05, 0) is 19.4 Å². The van der Waals surface area contributed by atoms with Crippen LogP contribution in [-0.2, 0) is 30.3 Å². The van der Waals surface area contributed by atoms with E-state index in [9.17, 15) is 9.90 Å². The van der Waals surface area contributed by atoms with Crippen LogP contribution in [0.3, 0.4) is 0 Å². The molecule has 1 aromatic carbocycles. The van der Waals surface area contributed by atoms with Crippen molar-refractivity contribution in [3.05, 3.63) is 35.9 Å². The maximum Gasteiger partial charge on any atom is 0.335 e. The molecule has 1 aromatic rings. The summed E-state index contributed by atoms with van der Waals surface area (Å²) < 4.78 is 21.9. The van der Waals surface area contributed by atoms with Crippen molar-refractivity contribution >= 4 is 5.97 Å². The number of esters is 1. The molecule has 2 saturated heterocycles. The molecule has 3 rings (SSSR count). The molecule has 126 valence electrons. The average Bonchev–Trinajstić information content (AvgIpc) is 3.08. The molecule has 0 amide bonds. The van der Waals surface area contributed by atoms with E-state index in [1.165, 1.54) is 0 Å². The summed E-state index contributed by atoms with van der Waals surface area (Å²) in [6, 6.07) is 9.61. The van der Waals surface area contributed by atoms with Crippen molar-refractivity contribution in [2.75, 3.05) is 6.61 Å². The van der Waals surface area contributed by atoms with Crippen LogP contribution in [0.5, 0.6) is 0 Å². The minimum atomic E-state index is -0.925. The molecule has 6 heteroatoms. The van der Waals surface area contributed by atoms with E-state index in [1.807, 2.05) is 30.3 Å². The second-order valence-corrected chi connectivity index (χ2v) is 6.35. The molecule has 0 aromatic heterocycles. The van der Waals surface area contributed by atoms with Gasteiger partial charge in [0.25, 0.3) is 0 Å². The minimum absolute atomic E-state index is 0.276. The number of benzene rings is 1. The highest BCUT2D eigenvalue weighted by atomic mass is 16.7. The van der Waals surface area contributed by atoms with Crippen LogP contribution in [0.2, 0.25) is 0 Å². The van der Waals surface area contributed by atoms with Gasteiger partial charge in [-0.3, -0.25) is 0 Å². The molecular formula is C17H22O6. The lowest BCUT2D eigenvalue weighted by atomic mass is 10.0. The quantitative estimate of drug-likeness (QED) is 0.826. The number of aliphatic hydroxyl groups is 1. The van der Waals surface area contributed by atoms with Crippen LogP contribution in [0.1, 0.15) is 25.8 Å². The van der Waals surface area contributed by atoms with E-state index in [0.717, 1.165) is 5.56 Å². The highest BCUT2D eigenvalue weighted by molar-refractivity contribution is 5.77. The van der Waals surface area contributed by atoms with Crippen molar-refractivity contribution in [1.82, 2.24) is 0 Å². The summed E-state index contributed by atoms with van der Waals surface area (Å²) in [6.07, 6.45) is -2.41. The standard InChI is InChI=1S/C17H22O6/c1-17(2)21-10-14(23-17)15(18)12-8-13(16(19)22-12)20-9-11-6-4-3-5-7-11/h3-7,12-15,18H,8-10H2,1-2H3/t12-,13-,14-,15+/m1/s1. The van der Waals surface area contributed by atoms with Gasteiger partial charge in [-0.15, -0.1) is 0 Å². The zero-order valence-corrected chi connectivity index (χ0v) is 13.3. The fraction of sp³-hybridized carbons (Fsp3) is 0.588. The Morgan fingerprint density at radius 3 is 2.70 bits per heavy atom. The Kier molecular flexibility index (Phi) is 4.68. The lowest BCUT2D eigenvalue weighted by Crippen LogP contribution is -2.39. The number of cyclic esters (lactones) is 1. The third kappa shape index (κ3) is 3.90. The molecule has 2 heterocycles. The van der Waals surface area contributed by atoms with Crippen molar-refractivity contribution in [1.29, 1.82) is 0 Å². The number of hydrogen-bond donors (Lipinski definition) is 1. The monoisotopic (exact) mass is 322 g/mol. The first-order chi connectivity index (χ1) is 10.9. The van der Waals surface area contributed by atoms with Gasteiger partial charge in [0.15, 0.2) is 11.9 Å². The molecule has 0 unspecified atom stereocenters. The van der Waals surface area contributed by atoms with Crippen molar-refractivity contribution in [2.24, 2.45) is 0 Å². The Morgan fingerprint density at radius 1 is 1.30 bits per heavy atom. The van der Waals surface area contributed by atoms with Crippen LogP contribution >= 0.6 is 0 Å². The molecule has 23 heavy (non-hydrogen) atoms. The minimum Gasteiger partial charge on any atom is -0.457 e. The molecule has 2 aliphatic heterocycles. The first-order valence-electron chi connectivity index (χ1n) is 7.80. The Morgan fingerprint density at radius 2 is 2.04 bits per heavy atom. The molecule has 4 atom stereocenters. The highest BCUT2D eigenvalue weighted by Crippen LogP contribution is 2.29. The predicted molar refractivity (Wildman–Crippen MR) is 80.4 cm³/mol. The second-order valence-electron chi connectivity index (χ2n) is 6.35.